The van der Waals surface area contributed by atoms with E-state index in [0.29, 0.717) is 10.9 Å². The van der Waals surface area contributed by atoms with Crippen molar-refractivity contribution in [1.29, 1.82) is 0 Å². The number of hydrogen-bond donors (Lipinski definition) is 1. The number of methoxy groups -OCH3 is 1. The Kier molecular flexibility index (Phi) is 3.46. The molecule has 4 nitrogen and oxygen atoms in total. The lowest BCUT2D eigenvalue weighted by atomic mass is 10.0. The number of ether oxygens (including phenoxy) is 1. The number of carboxylic acids is 1. The zero-order valence-corrected chi connectivity index (χ0v) is 9.22. The van der Waals surface area contributed by atoms with Gasteiger partial charge in [0.25, 0.3) is 5.19 Å². The van der Waals surface area contributed by atoms with E-state index < -0.39 is 5.97 Å². The second-order valence-electron chi connectivity index (χ2n) is 3.01. The first-order chi connectivity index (χ1) is 6.60. The molecule has 1 rings (SSSR count). The lowest BCUT2D eigenvalue weighted by Crippen LogP contribution is -2.02. The van der Waals surface area contributed by atoms with Gasteiger partial charge in [-0.25, -0.2) is 9.78 Å². The summed E-state index contributed by atoms with van der Waals surface area (Å²) in [6.45, 7) is 3.96. The first-order valence-electron chi connectivity index (χ1n) is 4.38. The molecule has 14 heavy (non-hydrogen) atoms. The molecule has 0 aliphatic rings. The molecule has 1 aromatic heterocycles. The van der Waals surface area contributed by atoms with Crippen molar-refractivity contribution >= 4 is 17.3 Å². The Hall–Kier alpha value is -1.10. The first kappa shape index (κ1) is 11.0. The van der Waals surface area contributed by atoms with E-state index in [-0.39, 0.29) is 10.8 Å². The van der Waals surface area contributed by atoms with E-state index in [0.717, 1.165) is 17.8 Å². The van der Waals surface area contributed by atoms with Gasteiger partial charge < -0.3 is 9.84 Å². The van der Waals surface area contributed by atoms with Gasteiger partial charge in [0.15, 0.2) is 0 Å². The summed E-state index contributed by atoms with van der Waals surface area (Å²) in [6.07, 6.45) is 0.868. The maximum Gasteiger partial charge on any atom is 0.347 e. The molecule has 1 heterocycles. The standard InChI is InChI=1S/C9H13NO3S/c1-4-5(2)6-7(8(11)12)14-9(10-6)13-3/h5H,4H2,1-3H3,(H,11,12). The van der Waals surface area contributed by atoms with Crippen LogP contribution in [0.15, 0.2) is 0 Å². The van der Waals surface area contributed by atoms with E-state index in [4.69, 9.17) is 9.84 Å². The lowest BCUT2D eigenvalue weighted by molar-refractivity contribution is 0.0700. The smallest absolute Gasteiger partial charge is 0.347 e. The Morgan fingerprint density at radius 2 is 2.36 bits per heavy atom. The predicted octanol–water partition coefficient (Wildman–Crippen LogP) is 2.36. The van der Waals surface area contributed by atoms with Gasteiger partial charge in [-0.1, -0.05) is 25.2 Å². The van der Waals surface area contributed by atoms with Crippen molar-refractivity contribution in [2.75, 3.05) is 7.11 Å². The van der Waals surface area contributed by atoms with Gasteiger partial charge in [0.05, 0.1) is 12.8 Å². The summed E-state index contributed by atoms with van der Waals surface area (Å²) in [6, 6.07) is 0. The molecule has 0 spiro atoms. The van der Waals surface area contributed by atoms with Crippen LogP contribution in [0.25, 0.3) is 0 Å². The Bertz CT molecular complexity index is 335. The fraction of sp³-hybridized carbons (Fsp3) is 0.556. The summed E-state index contributed by atoms with van der Waals surface area (Å²) in [7, 11) is 1.49. The summed E-state index contributed by atoms with van der Waals surface area (Å²) >= 11 is 1.08. The van der Waals surface area contributed by atoms with Gasteiger partial charge in [0, 0.05) is 0 Å². The number of carbonyl (C=O) groups is 1. The van der Waals surface area contributed by atoms with Crippen molar-refractivity contribution in [2.45, 2.75) is 26.2 Å². The van der Waals surface area contributed by atoms with Crippen LogP contribution in [0.2, 0.25) is 0 Å². The van der Waals surface area contributed by atoms with E-state index in [1.54, 1.807) is 0 Å². The molecule has 0 radical (unpaired) electrons. The maximum atomic E-state index is 10.9. The fourth-order valence-electron chi connectivity index (χ4n) is 1.08. The zero-order valence-electron chi connectivity index (χ0n) is 8.40. The van der Waals surface area contributed by atoms with Crippen LogP contribution in [-0.4, -0.2) is 23.2 Å². The van der Waals surface area contributed by atoms with Crippen molar-refractivity contribution in [2.24, 2.45) is 0 Å². The van der Waals surface area contributed by atoms with E-state index in [1.807, 2.05) is 13.8 Å². The second kappa shape index (κ2) is 4.41. The van der Waals surface area contributed by atoms with E-state index in [1.165, 1.54) is 7.11 Å². The predicted molar refractivity (Wildman–Crippen MR) is 54.3 cm³/mol. The van der Waals surface area contributed by atoms with Crippen LogP contribution >= 0.6 is 11.3 Å². The number of carboxylic acid groups (broad SMARTS) is 1. The van der Waals surface area contributed by atoms with Gasteiger partial charge in [-0.2, -0.15) is 0 Å². The maximum absolute atomic E-state index is 10.9. The Morgan fingerprint density at radius 1 is 1.71 bits per heavy atom. The average molecular weight is 215 g/mol. The number of rotatable bonds is 4. The highest BCUT2D eigenvalue weighted by molar-refractivity contribution is 7.15. The first-order valence-corrected chi connectivity index (χ1v) is 5.19. The minimum atomic E-state index is -0.930. The third kappa shape index (κ3) is 2.04. The summed E-state index contributed by atoms with van der Waals surface area (Å²) < 4.78 is 4.92. The average Bonchev–Trinajstić information content (AvgIpc) is 2.60. The molecule has 1 N–H and O–H groups in total. The van der Waals surface area contributed by atoms with Crippen molar-refractivity contribution < 1.29 is 14.6 Å². The summed E-state index contributed by atoms with van der Waals surface area (Å²) in [5.74, 6) is -0.776. The van der Waals surface area contributed by atoms with Gasteiger partial charge in [-0.05, 0) is 12.3 Å². The van der Waals surface area contributed by atoms with Gasteiger partial charge in [-0.15, -0.1) is 0 Å². The highest BCUT2D eigenvalue weighted by Gasteiger charge is 2.21. The number of aromatic carboxylic acids is 1. The van der Waals surface area contributed by atoms with Crippen molar-refractivity contribution in [3.8, 4) is 5.19 Å². The SMILES string of the molecule is CCC(C)c1nc(OC)sc1C(=O)O. The molecular weight excluding hydrogens is 202 g/mol. The Morgan fingerprint density at radius 3 is 2.79 bits per heavy atom. The van der Waals surface area contributed by atoms with E-state index in [9.17, 15) is 4.79 Å². The van der Waals surface area contributed by atoms with Crippen molar-refractivity contribution in [3.05, 3.63) is 10.6 Å². The van der Waals surface area contributed by atoms with Crippen molar-refractivity contribution in [3.63, 3.8) is 0 Å². The van der Waals surface area contributed by atoms with Crippen LogP contribution in [0.5, 0.6) is 5.19 Å². The van der Waals surface area contributed by atoms with E-state index >= 15 is 0 Å². The zero-order chi connectivity index (χ0) is 10.7. The third-order valence-electron chi connectivity index (χ3n) is 2.08. The van der Waals surface area contributed by atoms with Crippen LogP contribution in [0.1, 0.15) is 41.6 Å². The molecule has 0 saturated carbocycles. The molecule has 0 aromatic carbocycles. The van der Waals surface area contributed by atoms with Crippen LogP contribution in [0.3, 0.4) is 0 Å². The van der Waals surface area contributed by atoms with Crippen LogP contribution < -0.4 is 4.74 Å². The van der Waals surface area contributed by atoms with Crippen LogP contribution in [0, 0.1) is 0 Å². The molecule has 1 atom stereocenters. The lowest BCUT2D eigenvalue weighted by Gasteiger charge is -2.04. The summed E-state index contributed by atoms with van der Waals surface area (Å²) in [5, 5.41) is 9.35. The number of hydrogen-bond acceptors (Lipinski definition) is 4. The largest absolute Gasteiger partial charge is 0.477 e. The van der Waals surface area contributed by atoms with Gasteiger partial charge in [0.2, 0.25) is 0 Å². The Balaban J connectivity index is 3.12. The molecule has 5 heteroatoms. The van der Waals surface area contributed by atoms with Gasteiger partial charge in [-0.3, -0.25) is 0 Å². The fourth-order valence-corrected chi connectivity index (χ4v) is 1.92. The minimum absolute atomic E-state index is 0.154. The second-order valence-corrected chi connectivity index (χ2v) is 3.97. The normalized spacial score (nSPS) is 12.5. The quantitative estimate of drug-likeness (QED) is 0.837. The molecule has 78 valence electrons. The van der Waals surface area contributed by atoms with Gasteiger partial charge >= 0.3 is 5.97 Å². The highest BCUT2D eigenvalue weighted by atomic mass is 32.1. The highest BCUT2D eigenvalue weighted by Crippen LogP contribution is 2.31. The molecule has 0 aliphatic heterocycles. The molecule has 0 amide bonds. The van der Waals surface area contributed by atoms with Crippen LogP contribution in [0.4, 0.5) is 0 Å². The van der Waals surface area contributed by atoms with E-state index in [2.05, 4.69) is 4.98 Å². The number of aromatic nitrogens is 1. The summed E-state index contributed by atoms with van der Waals surface area (Å²) in [5.41, 5.74) is 0.627. The molecular formula is C9H13NO3S. The third-order valence-corrected chi connectivity index (χ3v) is 3.10. The topological polar surface area (TPSA) is 59.4 Å². The van der Waals surface area contributed by atoms with Crippen LogP contribution in [-0.2, 0) is 0 Å². The number of nitrogens with zero attached hydrogens (tertiary/aromatic N) is 1. The monoisotopic (exact) mass is 215 g/mol. The molecule has 0 aliphatic carbocycles. The number of thiazole rings is 1. The molecule has 0 saturated heterocycles. The van der Waals surface area contributed by atoms with Gasteiger partial charge in [0.1, 0.15) is 4.88 Å². The summed E-state index contributed by atoms with van der Waals surface area (Å²) in [4.78, 5) is 15.3. The molecule has 1 unspecified atom stereocenters. The Labute approximate surface area is 86.6 Å². The molecule has 0 fully saturated rings. The molecule has 1 aromatic rings. The minimum Gasteiger partial charge on any atom is -0.477 e. The molecule has 0 bridgehead atoms. The van der Waals surface area contributed by atoms with Crippen molar-refractivity contribution in [1.82, 2.24) is 4.98 Å².